The molecule has 6 nitrogen and oxygen atoms in total. The number of nitrogens with one attached hydrogen (secondary N) is 2. The second-order valence-electron chi connectivity index (χ2n) is 5.27. The predicted octanol–water partition coefficient (Wildman–Crippen LogP) is 1.69. The molecule has 1 aromatic rings. The second kappa shape index (κ2) is 5.65. The van der Waals surface area contributed by atoms with Gasteiger partial charge in [0.25, 0.3) is 5.91 Å². The number of nitrogens with zero attached hydrogens (tertiary/aromatic N) is 1. The first-order chi connectivity index (χ1) is 9.74. The number of imide groups is 1. The average Bonchev–Trinajstić information content (AvgIpc) is 2.88. The Kier molecular flexibility index (Phi) is 4.25. The number of urea groups is 1. The van der Waals surface area contributed by atoms with E-state index in [-0.39, 0.29) is 18.5 Å². The lowest BCUT2D eigenvalue weighted by Crippen LogP contribution is -2.44. The molecule has 0 aromatic carbocycles. The Morgan fingerprint density at radius 1 is 1.48 bits per heavy atom. The molecule has 1 atom stereocenters. The van der Waals surface area contributed by atoms with E-state index in [1.807, 2.05) is 13.8 Å². The highest BCUT2D eigenvalue weighted by atomic mass is 35.5. The molecule has 114 valence electrons. The summed E-state index contributed by atoms with van der Waals surface area (Å²) in [5, 5.41) is 5.28. The summed E-state index contributed by atoms with van der Waals surface area (Å²) in [6.07, 6.45) is 0. The lowest BCUT2D eigenvalue weighted by atomic mass is 10.0. The van der Waals surface area contributed by atoms with Gasteiger partial charge >= 0.3 is 6.03 Å². The van der Waals surface area contributed by atoms with Gasteiger partial charge in [-0.1, -0.05) is 11.6 Å². The van der Waals surface area contributed by atoms with E-state index in [9.17, 15) is 14.4 Å². The number of carbonyl (C=O) groups excluding carboxylic acids is 3. The summed E-state index contributed by atoms with van der Waals surface area (Å²) in [6, 6.07) is 2.73. The van der Waals surface area contributed by atoms with Crippen LogP contribution in [0.15, 0.2) is 12.1 Å². The summed E-state index contributed by atoms with van der Waals surface area (Å²) in [5.41, 5.74) is -1.17. The Morgan fingerprint density at radius 2 is 2.14 bits per heavy atom. The first-order valence-corrected chi connectivity index (χ1v) is 7.63. The monoisotopic (exact) mass is 329 g/mol. The smallest absolute Gasteiger partial charge is 0.325 e. The highest BCUT2D eigenvalue weighted by Gasteiger charge is 2.50. The molecule has 1 saturated heterocycles. The lowest BCUT2D eigenvalue weighted by molar-refractivity contribution is -0.134. The van der Waals surface area contributed by atoms with Gasteiger partial charge in [0.1, 0.15) is 6.54 Å². The van der Waals surface area contributed by atoms with E-state index >= 15 is 0 Å². The summed E-state index contributed by atoms with van der Waals surface area (Å²) in [7, 11) is 0. The van der Waals surface area contributed by atoms with Crippen molar-refractivity contribution in [3.05, 3.63) is 21.3 Å². The van der Waals surface area contributed by atoms with Crippen molar-refractivity contribution < 1.29 is 14.4 Å². The van der Waals surface area contributed by atoms with Crippen LogP contribution in [0.3, 0.4) is 0 Å². The predicted molar refractivity (Wildman–Crippen MR) is 80.2 cm³/mol. The molecular formula is C13H16ClN3O3S. The molecule has 2 N–H and O–H groups in total. The molecule has 2 heterocycles. The van der Waals surface area contributed by atoms with E-state index in [0.717, 1.165) is 4.90 Å². The molecule has 21 heavy (non-hydrogen) atoms. The first-order valence-electron chi connectivity index (χ1n) is 6.43. The van der Waals surface area contributed by atoms with Crippen LogP contribution in [0.5, 0.6) is 0 Å². The molecule has 0 aliphatic carbocycles. The van der Waals surface area contributed by atoms with Gasteiger partial charge in [0, 0.05) is 10.9 Å². The summed E-state index contributed by atoms with van der Waals surface area (Å²) < 4.78 is 0.532. The molecule has 0 unspecified atom stereocenters. The molecule has 0 radical (unpaired) electrons. The van der Waals surface area contributed by atoms with Gasteiger partial charge < -0.3 is 10.6 Å². The standard InChI is InChI=1S/C13H16ClN3O3S/c1-7(2)15-10(18)6-17-11(19)13(3,16-12(17)20)8-4-5-9(14)21-8/h4-5,7H,6H2,1-3H3,(H,15,18)(H,16,20)/t13-/m1/s1. The number of carbonyl (C=O) groups is 3. The van der Waals surface area contributed by atoms with Gasteiger partial charge in [-0.2, -0.15) is 0 Å². The summed E-state index contributed by atoms with van der Waals surface area (Å²) in [5.74, 6) is -0.827. The highest BCUT2D eigenvalue weighted by molar-refractivity contribution is 7.16. The number of hydrogen-bond donors (Lipinski definition) is 2. The third kappa shape index (κ3) is 3.03. The zero-order valence-corrected chi connectivity index (χ0v) is 13.5. The van der Waals surface area contributed by atoms with Crippen LogP contribution in [-0.4, -0.2) is 35.3 Å². The second-order valence-corrected chi connectivity index (χ2v) is 6.99. The highest BCUT2D eigenvalue weighted by Crippen LogP contribution is 2.35. The molecule has 0 saturated carbocycles. The molecule has 1 aliphatic heterocycles. The van der Waals surface area contributed by atoms with E-state index in [1.54, 1.807) is 19.1 Å². The van der Waals surface area contributed by atoms with Crippen LogP contribution < -0.4 is 10.6 Å². The zero-order chi connectivity index (χ0) is 15.8. The third-order valence-corrected chi connectivity index (χ3v) is 4.55. The minimum absolute atomic E-state index is 0.0549. The van der Waals surface area contributed by atoms with E-state index < -0.39 is 17.5 Å². The maximum atomic E-state index is 12.5. The van der Waals surface area contributed by atoms with Crippen molar-refractivity contribution in [1.29, 1.82) is 0 Å². The van der Waals surface area contributed by atoms with Crippen LogP contribution in [0.4, 0.5) is 4.79 Å². The Morgan fingerprint density at radius 3 is 2.67 bits per heavy atom. The number of hydrogen-bond acceptors (Lipinski definition) is 4. The van der Waals surface area contributed by atoms with Gasteiger partial charge in [-0.25, -0.2) is 4.79 Å². The van der Waals surface area contributed by atoms with Crippen LogP contribution in [0.25, 0.3) is 0 Å². The fourth-order valence-electron chi connectivity index (χ4n) is 2.10. The Labute approximate surface area is 131 Å². The molecule has 2 rings (SSSR count). The Bertz CT molecular complexity index is 601. The SMILES string of the molecule is CC(C)NC(=O)CN1C(=O)N[C@](C)(c2ccc(Cl)s2)C1=O. The molecule has 0 bridgehead atoms. The number of halogens is 1. The zero-order valence-electron chi connectivity index (χ0n) is 11.9. The summed E-state index contributed by atoms with van der Waals surface area (Å²) in [6.45, 7) is 4.93. The van der Waals surface area contributed by atoms with E-state index in [4.69, 9.17) is 11.6 Å². The normalized spacial score (nSPS) is 21.9. The minimum Gasteiger partial charge on any atom is -0.352 e. The third-order valence-electron chi connectivity index (χ3n) is 3.09. The molecular weight excluding hydrogens is 314 g/mol. The average molecular weight is 330 g/mol. The van der Waals surface area contributed by atoms with Crippen molar-refractivity contribution in [2.24, 2.45) is 0 Å². The summed E-state index contributed by atoms with van der Waals surface area (Å²) >= 11 is 7.10. The van der Waals surface area contributed by atoms with Crippen molar-refractivity contribution in [1.82, 2.24) is 15.5 Å². The van der Waals surface area contributed by atoms with Crippen LogP contribution in [0.2, 0.25) is 4.34 Å². The molecule has 8 heteroatoms. The largest absolute Gasteiger partial charge is 0.352 e. The first kappa shape index (κ1) is 15.8. The van der Waals surface area contributed by atoms with Gasteiger partial charge in [-0.15, -0.1) is 11.3 Å². The van der Waals surface area contributed by atoms with Crippen molar-refractivity contribution in [3.63, 3.8) is 0 Å². The van der Waals surface area contributed by atoms with Crippen LogP contribution in [0, 0.1) is 0 Å². The molecule has 4 amide bonds. The van der Waals surface area contributed by atoms with Gasteiger partial charge in [0.05, 0.1) is 4.34 Å². The molecule has 0 spiro atoms. The number of amides is 4. The fourth-order valence-corrected chi connectivity index (χ4v) is 3.24. The van der Waals surface area contributed by atoms with Crippen LogP contribution >= 0.6 is 22.9 Å². The van der Waals surface area contributed by atoms with Gasteiger partial charge in [0.2, 0.25) is 5.91 Å². The van der Waals surface area contributed by atoms with Gasteiger partial charge in [-0.3, -0.25) is 14.5 Å². The van der Waals surface area contributed by atoms with Crippen molar-refractivity contribution in [2.75, 3.05) is 6.54 Å². The number of rotatable bonds is 4. The van der Waals surface area contributed by atoms with Crippen molar-refractivity contribution in [2.45, 2.75) is 32.4 Å². The Balaban J connectivity index is 2.18. The molecule has 1 fully saturated rings. The quantitative estimate of drug-likeness (QED) is 0.825. The van der Waals surface area contributed by atoms with E-state index in [2.05, 4.69) is 10.6 Å². The molecule has 1 aromatic heterocycles. The number of thiophene rings is 1. The maximum absolute atomic E-state index is 12.5. The van der Waals surface area contributed by atoms with Crippen LogP contribution in [0.1, 0.15) is 25.6 Å². The van der Waals surface area contributed by atoms with Gasteiger partial charge in [-0.05, 0) is 32.9 Å². The maximum Gasteiger partial charge on any atom is 0.325 e. The fraction of sp³-hybridized carbons (Fsp3) is 0.462. The summed E-state index contributed by atoms with van der Waals surface area (Å²) in [4.78, 5) is 37.8. The van der Waals surface area contributed by atoms with E-state index in [0.29, 0.717) is 9.21 Å². The van der Waals surface area contributed by atoms with Crippen molar-refractivity contribution in [3.8, 4) is 0 Å². The van der Waals surface area contributed by atoms with Gasteiger partial charge in [0.15, 0.2) is 5.54 Å². The van der Waals surface area contributed by atoms with E-state index in [1.165, 1.54) is 11.3 Å². The van der Waals surface area contributed by atoms with Crippen molar-refractivity contribution >= 4 is 40.8 Å². The lowest BCUT2D eigenvalue weighted by Gasteiger charge is -2.20. The Hall–Kier alpha value is -1.60. The topological polar surface area (TPSA) is 78.5 Å². The minimum atomic E-state index is -1.17. The van der Waals surface area contributed by atoms with Crippen LogP contribution in [-0.2, 0) is 15.1 Å². The molecule has 1 aliphatic rings.